The van der Waals surface area contributed by atoms with E-state index in [1.165, 1.54) is 0 Å². The van der Waals surface area contributed by atoms with Crippen LogP contribution in [0.2, 0.25) is 0 Å². The second kappa shape index (κ2) is 8.26. The molecule has 3 N–H and O–H groups in total. The van der Waals surface area contributed by atoms with Gasteiger partial charge < -0.3 is 10.2 Å². The first-order valence-electron chi connectivity index (χ1n) is 8.24. The molecule has 0 aromatic heterocycles. The number of likely N-dealkylation sites (tertiary alicyclic amines) is 1. The van der Waals surface area contributed by atoms with E-state index < -0.39 is 21.4 Å². The van der Waals surface area contributed by atoms with Crippen LogP contribution >= 0.6 is 0 Å². The fraction of sp³-hybridized carbons (Fsp3) is 0.867. The van der Waals surface area contributed by atoms with Crippen LogP contribution in [0, 0.1) is 5.92 Å². The summed E-state index contributed by atoms with van der Waals surface area (Å²) in [5, 5.41) is 2.75. The van der Waals surface area contributed by atoms with Gasteiger partial charge in [0.2, 0.25) is 11.8 Å². The van der Waals surface area contributed by atoms with E-state index in [1.54, 1.807) is 13.8 Å². The van der Waals surface area contributed by atoms with Gasteiger partial charge in [0.25, 0.3) is 10.1 Å². The highest BCUT2D eigenvalue weighted by Crippen LogP contribution is 2.21. The molecule has 0 spiro atoms. The second-order valence-electron chi connectivity index (χ2n) is 7.05. The van der Waals surface area contributed by atoms with Crippen molar-refractivity contribution in [1.29, 1.82) is 0 Å². The average Bonchev–Trinajstić information content (AvgIpc) is 2.88. The Hall–Kier alpha value is -1.19. The summed E-state index contributed by atoms with van der Waals surface area (Å²) >= 11 is 0. The number of nitrogens with zero attached hydrogens (tertiary/aromatic N) is 1. The van der Waals surface area contributed by atoms with Gasteiger partial charge in [0.05, 0.1) is 11.3 Å². The predicted octanol–water partition coefficient (Wildman–Crippen LogP) is 0.529. The smallest absolute Gasteiger partial charge is 0.285 e. The standard InChI is InChI=1S/C15H29N3O5S/c1-5-12(9-11(2)18-8-6-7-13(18)19)14(20)17-15(3,4)10-24(21,22)23-16/h11-12H,5-10,16H2,1-4H3,(H,17,20). The first kappa shape index (κ1) is 20.9. The fourth-order valence-corrected chi connectivity index (χ4v) is 4.10. The number of nitrogens with two attached hydrogens (primary N) is 1. The van der Waals surface area contributed by atoms with Crippen LogP contribution in [0.1, 0.15) is 53.4 Å². The zero-order valence-corrected chi connectivity index (χ0v) is 15.7. The maximum absolute atomic E-state index is 12.5. The van der Waals surface area contributed by atoms with Crippen molar-refractivity contribution in [3.63, 3.8) is 0 Å². The Balaban J connectivity index is 2.67. The molecule has 0 aliphatic carbocycles. The zero-order valence-electron chi connectivity index (χ0n) is 14.9. The molecule has 24 heavy (non-hydrogen) atoms. The van der Waals surface area contributed by atoms with E-state index in [9.17, 15) is 18.0 Å². The molecule has 0 bridgehead atoms. The van der Waals surface area contributed by atoms with E-state index in [1.807, 2.05) is 18.7 Å². The van der Waals surface area contributed by atoms with E-state index in [0.717, 1.165) is 13.0 Å². The molecule has 1 heterocycles. The molecule has 8 nitrogen and oxygen atoms in total. The van der Waals surface area contributed by atoms with Crippen molar-refractivity contribution in [2.45, 2.75) is 65.0 Å². The molecule has 1 fully saturated rings. The lowest BCUT2D eigenvalue weighted by atomic mass is 9.95. The monoisotopic (exact) mass is 363 g/mol. The number of carbonyl (C=O) groups is 2. The van der Waals surface area contributed by atoms with Crippen molar-refractivity contribution in [2.75, 3.05) is 12.3 Å². The summed E-state index contributed by atoms with van der Waals surface area (Å²) in [7, 11) is -3.89. The number of hydrogen-bond donors (Lipinski definition) is 2. The normalized spacial score (nSPS) is 18.5. The van der Waals surface area contributed by atoms with Gasteiger partial charge in [0, 0.05) is 24.9 Å². The van der Waals surface area contributed by atoms with Crippen molar-refractivity contribution < 1.29 is 22.3 Å². The van der Waals surface area contributed by atoms with Crippen molar-refractivity contribution >= 4 is 21.9 Å². The predicted molar refractivity (Wildman–Crippen MR) is 90.1 cm³/mol. The second-order valence-corrected chi connectivity index (χ2v) is 8.65. The van der Waals surface area contributed by atoms with Crippen LogP contribution in [0.5, 0.6) is 0 Å². The first-order valence-corrected chi connectivity index (χ1v) is 9.81. The summed E-state index contributed by atoms with van der Waals surface area (Å²) in [6.45, 7) is 7.77. The third kappa shape index (κ3) is 6.03. The number of carbonyl (C=O) groups excluding carboxylic acids is 2. The van der Waals surface area contributed by atoms with E-state index in [4.69, 9.17) is 5.90 Å². The average molecular weight is 363 g/mol. The van der Waals surface area contributed by atoms with Gasteiger partial charge in [-0.1, -0.05) is 6.92 Å². The van der Waals surface area contributed by atoms with Crippen LogP contribution in [0.15, 0.2) is 0 Å². The Morgan fingerprint density at radius 1 is 1.46 bits per heavy atom. The molecule has 140 valence electrons. The minimum Gasteiger partial charge on any atom is -0.350 e. The molecule has 2 amide bonds. The van der Waals surface area contributed by atoms with Gasteiger partial charge >= 0.3 is 0 Å². The Labute approximate surface area is 144 Å². The highest BCUT2D eigenvalue weighted by Gasteiger charge is 2.33. The Kier molecular flexibility index (Phi) is 7.18. The summed E-state index contributed by atoms with van der Waals surface area (Å²) in [6.07, 6.45) is 2.58. The van der Waals surface area contributed by atoms with E-state index >= 15 is 0 Å². The van der Waals surface area contributed by atoms with Crippen molar-refractivity contribution in [1.82, 2.24) is 10.2 Å². The maximum Gasteiger partial charge on any atom is 0.285 e. The fourth-order valence-electron chi connectivity index (χ4n) is 3.08. The van der Waals surface area contributed by atoms with Crippen LogP contribution in [-0.2, 0) is 24.0 Å². The molecular formula is C15H29N3O5S. The molecule has 1 aliphatic heterocycles. The molecule has 9 heteroatoms. The van der Waals surface area contributed by atoms with Crippen molar-refractivity contribution in [3.8, 4) is 0 Å². The van der Waals surface area contributed by atoms with Gasteiger partial charge in [-0.2, -0.15) is 18.6 Å². The minimum atomic E-state index is -3.89. The summed E-state index contributed by atoms with van der Waals surface area (Å²) < 4.78 is 26.9. The highest BCUT2D eigenvalue weighted by atomic mass is 32.2. The SMILES string of the molecule is CCC(CC(C)N1CCCC1=O)C(=O)NC(C)(C)CS(=O)(=O)ON. The molecule has 2 atom stereocenters. The van der Waals surface area contributed by atoms with E-state index in [0.29, 0.717) is 19.3 Å². The number of nitrogens with one attached hydrogen (secondary N) is 1. The van der Waals surface area contributed by atoms with E-state index in [2.05, 4.69) is 9.60 Å². The van der Waals surface area contributed by atoms with Crippen molar-refractivity contribution in [2.24, 2.45) is 11.8 Å². The Morgan fingerprint density at radius 3 is 2.54 bits per heavy atom. The molecule has 0 aromatic rings. The molecule has 0 saturated carbocycles. The van der Waals surface area contributed by atoms with Gasteiger partial charge in [0.1, 0.15) is 0 Å². The molecule has 1 rings (SSSR count). The third-order valence-corrected chi connectivity index (χ3v) is 5.65. The maximum atomic E-state index is 12.5. The van der Waals surface area contributed by atoms with Gasteiger partial charge in [-0.25, -0.2) is 0 Å². The Morgan fingerprint density at radius 2 is 2.08 bits per heavy atom. The topological polar surface area (TPSA) is 119 Å². The van der Waals surface area contributed by atoms with Gasteiger partial charge in [-0.05, 0) is 40.0 Å². The Bertz CT molecular complexity index is 561. The lowest BCUT2D eigenvalue weighted by Crippen LogP contribution is -2.51. The molecule has 1 aliphatic rings. The summed E-state index contributed by atoms with van der Waals surface area (Å²) in [5.41, 5.74) is -1.00. The molecule has 1 saturated heterocycles. The van der Waals surface area contributed by atoms with E-state index in [-0.39, 0.29) is 23.8 Å². The third-order valence-electron chi connectivity index (χ3n) is 4.28. The molecule has 2 unspecified atom stereocenters. The molecule has 0 radical (unpaired) electrons. The van der Waals surface area contributed by atoms with Crippen LogP contribution in [0.4, 0.5) is 0 Å². The van der Waals surface area contributed by atoms with Gasteiger partial charge in [-0.15, -0.1) is 0 Å². The summed E-state index contributed by atoms with van der Waals surface area (Å²) in [5.74, 6) is 3.93. The zero-order chi connectivity index (χ0) is 18.5. The van der Waals surface area contributed by atoms with Crippen molar-refractivity contribution in [3.05, 3.63) is 0 Å². The number of amides is 2. The highest BCUT2D eigenvalue weighted by molar-refractivity contribution is 7.86. The first-order chi connectivity index (χ1) is 11.0. The summed E-state index contributed by atoms with van der Waals surface area (Å²) in [6, 6.07) is -0.0186. The minimum absolute atomic E-state index is 0.0186. The van der Waals surface area contributed by atoms with Gasteiger partial charge in [0.15, 0.2) is 0 Å². The lowest BCUT2D eigenvalue weighted by Gasteiger charge is -2.31. The lowest BCUT2D eigenvalue weighted by molar-refractivity contribution is -0.132. The van der Waals surface area contributed by atoms with Crippen LogP contribution in [-0.4, -0.2) is 49.0 Å². The van der Waals surface area contributed by atoms with Crippen LogP contribution in [0.3, 0.4) is 0 Å². The number of rotatable bonds is 9. The summed E-state index contributed by atoms with van der Waals surface area (Å²) in [4.78, 5) is 26.1. The van der Waals surface area contributed by atoms with Crippen LogP contribution < -0.4 is 11.2 Å². The molecule has 0 aromatic carbocycles. The quantitative estimate of drug-likeness (QED) is 0.577. The largest absolute Gasteiger partial charge is 0.350 e. The van der Waals surface area contributed by atoms with Gasteiger partial charge in [-0.3, -0.25) is 9.59 Å². The van der Waals surface area contributed by atoms with Crippen LogP contribution in [0.25, 0.3) is 0 Å². The number of hydrogen-bond acceptors (Lipinski definition) is 6. The molecular weight excluding hydrogens is 334 g/mol.